The largest absolute Gasteiger partial charge is 0.378 e. The Hall–Kier alpha value is -0.0800. The Bertz CT molecular complexity index is 189. The SMILES string of the molecule is CC1CC(NCCCC2CCCC2)CCO1. The first-order valence-electron chi connectivity index (χ1n) is 7.19. The van der Waals surface area contributed by atoms with E-state index in [0.717, 1.165) is 12.5 Å². The normalized spacial score (nSPS) is 32.1. The predicted octanol–water partition coefficient (Wildman–Crippen LogP) is 3.11. The van der Waals surface area contributed by atoms with E-state index in [9.17, 15) is 0 Å². The van der Waals surface area contributed by atoms with Crippen molar-refractivity contribution in [3.63, 3.8) is 0 Å². The minimum absolute atomic E-state index is 0.459. The molecule has 0 aromatic carbocycles. The van der Waals surface area contributed by atoms with Crippen LogP contribution in [-0.4, -0.2) is 25.3 Å². The highest BCUT2D eigenvalue weighted by molar-refractivity contribution is 4.75. The van der Waals surface area contributed by atoms with Crippen LogP contribution in [0.3, 0.4) is 0 Å². The molecule has 2 rings (SSSR count). The molecule has 1 aliphatic heterocycles. The number of ether oxygens (including phenoxy) is 1. The monoisotopic (exact) mass is 225 g/mol. The van der Waals surface area contributed by atoms with Gasteiger partial charge in [0.2, 0.25) is 0 Å². The predicted molar refractivity (Wildman–Crippen MR) is 67.6 cm³/mol. The summed E-state index contributed by atoms with van der Waals surface area (Å²) in [6.07, 6.45) is 11.6. The highest BCUT2D eigenvalue weighted by Crippen LogP contribution is 2.28. The number of hydrogen-bond donors (Lipinski definition) is 1. The fourth-order valence-electron chi connectivity index (χ4n) is 3.18. The molecule has 0 radical (unpaired) electrons. The Morgan fingerprint density at radius 3 is 2.75 bits per heavy atom. The van der Waals surface area contributed by atoms with Gasteiger partial charge >= 0.3 is 0 Å². The Morgan fingerprint density at radius 2 is 2.00 bits per heavy atom. The van der Waals surface area contributed by atoms with Crippen LogP contribution in [0.5, 0.6) is 0 Å². The third kappa shape index (κ3) is 4.06. The van der Waals surface area contributed by atoms with Crippen molar-refractivity contribution in [1.29, 1.82) is 0 Å². The zero-order chi connectivity index (χ0) is 11.2. The minimum Gasteiger partial charge on any atom is -0.378 e. The van der Waals surface area contributed by atoms with Gasteiger partial charge in [0.15, 0.2) is 0 Å². The van der Waals surface area contributed by atoms with E-state index < -0.39 is 0 Å². The molecule has 1 saturated heterocycles. The van der Waals surface area contributed by atoms with Gasteiger partial charge in [-0.3, -0.25) is 0 Å². The Kier molecular flexibility index (Phi) is 5.11. The van der Waals surface area contributed by atoms with Crippen LogP contribution < -0.4 is 5.32 Å². The van der Waals surface area contributed by atoms with Crippen molar-refractivity contribution in [2.75, 3.05) is 13.2 Å². The molecule has 2 heteroatoms. The Morgan fingerprint density at radius 1 is 1.19 bits per heavy atom. The van der Waals surface area contributed by atoms with Gasteiger partial charge in [0, 0.05) is 12.6 Å². The molecule has 0 amide bonds. The number of rotatable bonds is 5. The minimum atomic E-state index is 0.459. The van der Waals surface area contributed by atoms with E-state index in [2.05, 4.69) is 12.2 Å². The highest BCUT2D eigenvalue weighted by Gasteiger charge is 2.19. The summed E-state index contributed by atoms with van der Waals surface area (Å²) in [5.74, 6) is 1.05. The molecular weight excluding hydrogens is 198 g/mol. The molecule has 1 saturated carbocycles. The van der Waals surface area contributed by atoms with Gasteiger partial charge in [-0.05, 0) is 45.1 Å². The Balaban J connectivity index is 1.50. The van der Waals surface area contributed by atoms with Crippen molar-refractivity contribution in [2.45, 2.75) is 70.4 Å². The van der Waals surface area contributed by atoms with Crippen LogP contribution in [0.15, 0.2) is 0 Å². The molecule has 2 nitrogen and oxygen atoms in total. The standard InChI is InChI=1S/C14H27NO/c1-12-11-14(8-10-16-12)15-9-4-7-13-5-2-3-6-13/h12-15H,2-11H2,1H3. The van der Waals surface area contributed by atoms with E-state index in [0.29, 0.717) is 12.1 Å². The quantitative estimate of drug-likeness (QED) is 0.726. The van der Waals surface area contributed by atoms with Crippen LogP contribution in [0.2, 0.25) is 0 Å². The summed E-state index contributed by atoms with van der Waals surface area (Å²) in [7, 11) is 0. The molecule has 2 fully saturated rings. The molecule has 1 N–H and O–H groups in total. The summed E-state index contributed by atoms with van der Waals surface area (Å²) in [5, 5.41) is 3.70. The summed E-state index contributed by atoms with van der Waals surface area (Å²) in [5.41, 5.74) is 0. The lowest BCUT2D eigenvalue weighted by Gasteiger charge is -2.28. The van der Waals surface area contributed by atoms with Gasteiger partial charge in [0.05, 0.1) is 6.10 Å². The van der Waals surface area contributed by atoms with Crippen LogP contribution in [0.4, 0.5) is 0 Å². The summed E-state index contributed by atoms with van der Waals surface area (Å²) in [4.78, 5) is 0. The van der Waals surface area contributed by atoms with Crippen molar-refractivity contribution in [2.24, 2.45) is 5.92 Å². The first-order valence-corrected chi connectivity index (χ1v) is 7.19. The van der Waals surface area contributed by atoms with Gasteiger partial charge in [-0.1, -0.05) is 25.7 Å². The fraction of sp³-hybridized carbons (Fsp3) is 1.00. The van der Waals surface area contributed by atoms with Crippen LogP contribution in [0.25, 0.3) is 0 Å². The zero-order valence-corrected chi connectivity index (χ0v) is 10.7. The van der Waals surface area contributed by atoms with E-state index in [1.54, 1.807) is 0 Å². The number of hydrogen-bond acceptors (Lipinski definition) is 2. The number of nitrogens with one attached hydrogen (secondary N) is 1. The fourth-order valence-corrected chi connectivity index (χ4v) is 3.18. The maximum absolute atomic E-state index is 5.56. The van der Waals surface area contributed by atoms with Crippen molar-refractivity contribution in [1.82, 2.24) is 5.32 Å². The van der Waals surface area contributed by atoms with E-state index in [-0.39, 0.29) is 0 Å². The summed E-state index contributed by atoms with van der Waals surface area (Å²) < 4.78 is 5.56. The van der Waals surface area contributed by atoms with Crippen LogP contribution in [-0.2, 0) is 4.74 Å². The molecule has 0 aromatic heterocycles. The molecular formula is C14H27NO. The molecule has 2 unspecified atom stereocenters. The summed E-state index contributed by atoms with van der Waals surface area (Å²) >= 11 is 0. The van der Waals surface area contributed by atoms with Gasteiger partial charge in [-0.15, -0.1) is 0 Å². The van der Waals surface area contributed by atoms with Crippen molar-refractivity contribution in [3.05, 3.63) is 0 Å². The third-order valence-electron chi connectivity index (χ3n) is 4.18. The van der Waals surface area contributed by atoms with E-state index in [1.165, 1.54) is 57.9 Å². The van der Waals surface area contributed by atoms with E-state index >= 15 is 0 Å². The van der Waals surface area contributed by atoms with Gasteiger partial charge in [-0.25, -0.2) is 0 Å². The van der Waals surface area contributed by atoms with Gasteiger partial charge < -0.3 is 10.1 Å². The smallest absolute Gasteiger partial charge is 0.0561 e. The lowest BCUT2D eigenvalue weighted by atomic mass is 10.0. The maximum atomic E-state index is 5.56. The molecule has 2 atom stereocenters. The van der Waals surface area contributed by atoms with E-state index in [4.69, 9.17) is 4.74 Å². The lowest BCUT2D eigenvalue weighted by Crippen LogP contribution is -2.38. The molecule has 1 aliphatic carbocycles. The van der Waals surface area contributed by atoms with Crippen LogP contribution in [0, 0.1) is 5.92 Å². The molecule has 2 aliphatic rings. The van der Waals surface area contributed by atoms with Gasteiger partial charge in [0.1, 0.15) is 0 Å². The maximum Gasteiger partial charge on any atom is 0.0561 e. The van der Waals surface area contributed by atoms with Crippen LogP contribution in [0.1, 0.15) is 58.3 Å². The highest BCUT2D eigenvalue weighted by atomic mass is 16.5. The lowest BCUT2D eigenvalue weighted by molar-refractivity contribution is 0.0133. The first-order chi connectivity index (χ1) is 7.84. The molecule has 94 valence electrons. The topological polar surface area (TPSA) is 21.3 Å². The second kappa shape index (κ2) is 6.61. The van der Waals surface area contributed by atoms with Crippen LogP contribution >= 0.6 is 0 Å². The Labute approximate surface area is 100 Å². The molecule has 0 bridgehead atoms. The summed E-state index contributed by atoms with van der Waals surface area (Å²) in [6.45, 7) is 4.35. The van der Waals surface area contributed by atoms with Gasteiger partial charge in [0.25, 0.3) is 0 Å². The average molecular weight is 225 g/mol. The van der Waals surface area contributed by atoms with Crippen molar-refractivity contribution in [3.8, 4) is 0 Å². The zero-order valence-electron chi connectivity index (χ0n) is 10.7. The molecule has 16 heavy (non-hydrogen) atoms. The second-order valence-corrected chi connectivity index (χ2v) is 5.65. The molecule has 0 aromatic rings. The average Bonchev–Trinajstić information content (AvgIpc) is 2.77. The van der Waals surface area contributed by atoms with Gasteiger partial charge in [-0.2, -0.15) is 0 Å². The molecule has 0 spiro atoms. The second-order valence-electron chi connectivity index (χ2n) is 5.65. The van der Waals surface area contributed by atoms with Crippen molar-refractivity contribution < 1.29 is 4.74 Å². The third-order valence-corrected chi connectivity index (χ3v) is 4.18. The first kappa shape index (κ1) is 12.4. The molecule has 1 heterocycles. The van der Waals surface area contributed by atoms with E-state index in [1.807, 2.05) is 0 Å². The van der Waals surface area contributed by atoms with Crippen molar-refractivity contribution >= 4 is 0 Å². The summed E-state index contributed by atoms with van der Waals surface area (Å²) in [6, 6.07) is 0.715.